The van der Waals surface area contributed by atoms with Crippen LogP contribution >= 0.6 is 22.9 Å². The van der Waals surface area contributed by atoms with E-state index in [2.05, 4.69) is 28.5 Å². The first-order valence-corrected chi connectivity index (χ1v) is 11.9. The van der Waals surface area contributed by atoms with E-state index in [0.29, 0.717) is 20.9 Å². The Kier molecular flexibility index (Phi) is 5.57. The molecule has 1 aliphatic rings. The monoisotopic (exact) mass is 463 g/mol. The van der Waals surface area contributed by atoms with Crippen LogP contribution in [0.1, 0.15) is 36.9 Å². The first kappa shape index (κ1) is 20.9. The fourth-order valence-corrected chi connectivity index (χ4v) is 5.27. The summed E-state index contributed by atoms with van der Waals surface area (Å²) < 4.78 is 1.40. The number of aryl methyl sites for hydroxylation is 2. The number of anilines is 1. The summed E-state index contributed by atoms with van der Waals surface area (Å²) in [4.78, 5) is 31.4. The van der Waals surface area contributed by atoms with Gasteiger partial charge in [-0.1, -0.05) is 29.8 Å². The molecule has 0 aliphatic heterocycles. The number of fused-ring (bicyclic) bond motifs is 2. The van der Waals surface area contributed by atoms with E-state index in [9.17, 15) is 9.59 Å². The summed E-state index contributed by atoms with van der Waals surface area (Å²) in [7, 11) is 0. The highest BCUT2D eigenvalue weighted by Crippen LogP contribution is 2.33. The van der Waals surface area contributed by atoms with Crippen LogP contribution in [0.4, 0.5) is 5.69 Å². The zero-order chi connectivity index (χ0) is 22.2. The molecule has 1 N–H and O–H groups in total. The number of thiophene rings is 1. The zero-order valence-electron chi connectivity index (χ0n) is 17.6. The van der Waals surface area contributed by atoms with Crippen molar-refractivity contribution in [3.05, 3.63) is 80.7 Å². The van der Waals surface area contributed by atoms with Crippen molar-refractivity contribution < 1.29 is 4.79 Å². The molecule has 0 fully saturated rings. The fourth-order valence-electron chi connectivity index (χ4n) is 4.24. The number of nitrogens with zero attached hydrogens (tertiary/aromatic N) is 2. The maximum absolute atomic E-state index is 13.4. The van der Waals surface area contributed by atoms with Gasteiger partial charge in [0.15, 0.2) is 0 Å². The van der Waals surface area contributed by atoms with Gasteiger partial charge in [-0.15, -0.1) is 11.3 Å². The summed E-state index contributed by atoms with van der Waals surface area (Å²) >= 11 is 7.37. The minimum atomic E-state index is -0.716. The van der Waals surface area contributed by atoms with Gasteiger partial charge in [0.05, 0.1) is 11.7 Å². The van der Waals surface area contributed by atoms with Crippen LogP contribution in [0.25, 0.3) is 21.3 Å². The summed E-state index contributed by atoms with van der Waals surface area (Å²) in [6.45, 7) is 1.70. The minimum Gasteiger partial charge on any atom is -0.324 e. The molecule has 0 spiro atoms. The van der Waals surface area contributed by atoms with Crippen molar-refractivity contribution in [2.45, 2.75) is 38.6 Å². The molecule has 32 heavy (non-hydrogen) atoms. The van der Waals surface area contributed by atoms with Crippen molar-refractivity contribution in [2.24, 2.45) is 0 Å². The highest BCUT2D eigenvalue weighted by atomic mass is 35.5. The number of carbonyl (C=O) groups is 1. The summed E-state index contributed by atoms with van der Waals surface area (Å²) in [6, 6.07) is 12.6. The van der Waals surface area contributed by atoms with Crippen LogP contribution in [0.5, 0.6) is 0 Å². The van der Waals surface area contributed by atoms with E-state index >= 15 is 0 Å². The Balaban J connectivity index is 1.50. The Bertz CT molecular complexity index is 1370. The molecule has 5 nitrogen and oxygen atoms in total. The zero-order valence-corrected chi connectivity index (χ0v) is 19.2. The van der Waals surface area contributed by atoms with E-state index in [1.165, 1.54) is 46.2 Å². The highest BCUT2D eigenvalue weighted by Gasteiger charge is 2.21. The van der Waals surface area contributed by atoms with E-state index in [-0.39, 0.29) is 11.5 Å². The molecule has 0 bridgehead atoms. The van der Waals surface area contributed by atoms with E-state index in [4.69, 9.17) is 11.6 Å². The second-order valence-corrected chi connectivity index (χ2v) is 9.44. The molecule has 0 radical (unpaired) electrons. The van der Waals surface area contributed by atoms with Crippen LogP contribution in [0.15, 0.2) is 59.0 Å². The number of aromatic nitrogens is 2. The van der Waals surface area contributed by atoms with Gasteiger partial charge in [0.2, 0.25) is 5.91 Å². The molecule has 162 valence electrons. The Labute approximate surface area is 194 Å². The third-order valence-electron chi connectivity index (χ3n) is 6.09. The lowest BCUT2D eigenvalue weighted by molar-refractivity contribution is -0.118. The van der Waals surface area contributed by atoms with Gasteiger partial charge in [0.25, 0.3) is 5.56 Å². The Hall–Kier alpha value is -2.96. The topological polar surface area (TPSA) is 64.0 Å². The molecule has 1 atom stereocenters. The second kappa shape index (κ2) is 8.52. The van der Waals surface area contributed by atoms with Gasteiger partial charge in [-0.3, -0.25) is 14.2 Å². The highest BCUT2D eigenvalue weighted by molar-refractivity contribution is 7.17. The summed E-state index contributed by atoms with van der Waals surface area (Å²) in [6.07, 6.45) is 6.10. The van der Waals surface area contributed by atoms with Crippen LogP contribution in [0.3, 0.4) is 0 Å². The molecule has 0 saturated carbocycles. The molecule has 2 heterocycles. The maximum Gasteiger partial charge on any atom is 0.263 e. The van der Waals surface area contributed by atoms with Crippen molar-refractivity contribution in [2.75, 3.05) is 5.32 Å². The Morgan fingerprint density at radius 2 is 1.88 bits per heavy atom. The lowest BCUT2D eigenvalue weighted by Crippen LogP contribution is -2.31. The van der Waals surface area contributed by atoms with Crippen molar-refractivity contribution in [3.8, 4) is 11.1 Å². The SMILES string of the molecule is CC(C(=O)Nc1ccc(Cl)cc1)n1cnc2scc(-c3ccc4c(c3)CCCC4)c2c1=O. The molecule has 4 aromatic rings. The molecular weight excluding hydrogens is 442 g/mol. The first-order valence-electron chi connectivity index (χ1n) is 10.7. The Morgan fingerprint density at radius 3 is 2.66 bits per heavy atom. The van der Waals surface area contributed by atoms with E-state index in [1.807, 2.05) is 5.38 Å². The number of carbonyl (C=O) groups excluding carboxylic acids is 1. The van der Waals surface area contributed by atoms with Crippen molar-refractivity contribution in [1.29, 1.82) is 0 Å². The Morgan fingerprint density at radius 1 is 1.12 bits per heavy atom. The van der Waals surface area contributed by atoms with Gasteiger partial charge in [-0.25, -0.2) is 4.98 Å². The molecule has 1 unspecified atom stereocenters. The van der Waals surface area contributed by atoms with Crippen LogP contribution in [0, 0.1) is 0 Å². The van der Waals surface area contributed by atoms with Gasteiger partial charge in [0.1, 0.15) is 10.9 Å². The van der Waals surface area contributed by atoms with Gasteiger partial charge in [-0.2, -0.15) is 0 Å². The predicted molar refractivity (Wildman–Crippen MR) is 131 cm³/mol. The molecule has 1 amide bonds. The van der Waals surface area contributed by atoms with Gasteiger partial charge in [-0.05, 0) is 73.6 Å². The van der Waals surface area contributed by atoms with Crippen LogP contribution < -0.4 is 10.9 Å². The number of amides is 1. The van der Waals surface area contributed by atoms with Gasteiger partial charge in [0, 0.05) is 21.7 Å². The number of benzene rings is 2. The largest absolute Gasteiger partial charge is 0.324 e. The van der Waals surface area contributed by atoms with Crippen LogP contribution in [0.2, 0.25) is 5.02 Å². The summed E-state index contributed by atoms with van der Waals surface area (Å²) in [5, 5.41) is 5.99. The standard InChI is InChI=1S/C25H22ClN3O2S/c1-15(23(30)28-20-10-8-19(26)9-11-20)29-14-27-24-22(25(29)31)21(13-32-24)18-7-6-16-4-2-3-5-17(16)12-18/h6-15H,2-5H2,1H3,(H,28,30). The molecule has 2 aromatic heterocycles. The quantitative estimate of drug-likeness (QED) is 0.412. The molecule has 1 aliphatic carbocycles. The molecule has 5 rings (SSSR count). The average Bonchev–Trinajstić information content (AvgIpc) is 3.25. The van der Waals surface area contributed by atoms with Crippen molar-refractivity contribution in [1.82, 2.24) is 9.55 Å². The number of nitrogens with one attached hydrogen (secondary N) is 1. The van der Waals surface area contributed by atoms with E-state index in [0.717, 1.165) is 24.0 Å². The number of rotatable bonds is 4. The molecule has 7 heteroatoms. The van der Waals surface area contributed by atoms with Crippen molar-refractivity contribution >= 4 is 44.7 Å². The van der Waals surface area contributed by atoms with Crippen molar-refractivity contribution in [3.63, 3.8) is 0 Å². The maximum atomic E-state index is 13.4. The third-order valence-corrected chi connectivity index (χ3v) is 7.23. The summed E-state index contributed by atoms with van der Waals surface area (Å²) in [5.74, 6) is -0.291. The normalized spacial score (nSPS) is 14.2. The number of halogens is 1. The van der Waals surface area contributed by atoms with Gasteiger partial charge >= 0.3 is 0 Å². The third kappa shape index (κ3) is 3.85. The van der Waals surface area contributed by atoms with E-state index in [1.54, 1.807) is 31.2 Å². The second-order valence-electron chi connectivity index (χ2n) is 8.15. The van der Waals surface area contributed by atoms with Gasteiger partial charge < -0.3 is 5.32 Å². The summed E-state index contributed by atoms with van der Waals surface area (Å²) in [5.41, 5.74) is 5.11. The number of hydrogen-bond acceptors (Lipinski definition) is 4. The van der Waals surface area contributed by atoms with Crippen LogP contribution in [-0.2, 0) is 17.6 Å². The average molecular weight is 464 g/mol. The van der Waals surface area contributed by atoms with Crippen LogP contribution in [-0.4, -0.2) is 15.5 Å². The minimum absolute atomic E-state index is 0.206. The van der Waals surface area contributed by atoms with E-state index < -0.39 is 6.04 Å². The predicted octanol–water partition coefficient (Wildman–Crippen LogP) is 5.86. The first-order chi connectivity index (χ1) is 15.5. The fraction of sp³-hybridized carbons (Fsp3) is 0.240. The molecular formula is C25H22ClN3O2S. The number of hydrogen-bond donors (Lipinski definition) is 1. The molecule has 0 saturated heterocycles. The smallest absolute Gasteiger partial charge is 0.263 e. The molecule has 2 aromatic carbocycles. The lowest BCUT2D eigenvalue weighted by atomic mass is 9.89. The lowest BCUT2D eigenvalue weighted by Gasteiger charge is -2.17.